The minimum atomic E-state index is -3.68. The summed E-state index contributed by atoms with van der Waals surface area (Å²) < 4.78 is 29.8. The third-order valence-corrected chi connectivity index (χ3v) is 5.09. The molecular weight excluding hydrogens is 348 g/mol. The van der Waals surface area contributed by atoms with Crippen LogP contribution >= 0.6 is 0 Å². The maximum atomic E-state index is 12.6. The highest BCUT2D eigenvalue weighted by Crippen LogP contribution is 2.09. The van der Waals surface area contributed by atoms with Crippen molar-refractivity contribution in [2.75, 3.05) is 6.54 Å². The summed E-state index contributed by atoms with van der Waals surface area (Å²) in [6.45, 7) is 1.27. The molecule has 0 radical (unpaired) electrons. The van der Waals surface area contributed by atoms with E-state index in [9.17, 15) is 8.42 Å². The molecule has 26 heavy (non-hydrogen) atoms. The molecule has 1 heterocycles. The maximum Gasteiger partial charge on any atom is 0.263 e. The minimum Gasteiger partial charge on any atom is -0.337 e. The van der Waals surface area contributed by atoms with Crippen molar-refractivity contribution < 1.29 is 8.42 Å². The number of hydrogen-bond acceptors (Lipinski definition) is 4. The third kappa shape index (κ3) is 4.80. The molecule has 0 amide bonds. The van der Waals surface area contributed by atoms with Gasteiger partial charge in [-0.25, -0.2) is 13.4 Å². The van der Waals surface area contributed by atoms with Gasteiger partial charge in [0, 0.05) is 31.0 Å². The van der Waals surface area contributed by atoms with Crippen molar-refractivity contribution in [3.63, 3.8) is 0 Å². The standard InChI is InChI=1S/C19H20N4O2S/c24-26(25,18-10-5-2-6-11-18)22-19(17-8-3-1-4-9-17)21-12-7-14-23-15-13-20-16-23/h1-6,8-11,13,15-16H,7,12,14H2,(H,21,22). The lowest BCUT2D eigenvalue weighted by atomic mass is 10.2. The van der Waals surface area contributed by atoms with Gasteiger partial charge in [0.25, 0.3) is 10.0 Å². The summed E-state index contributed by atoms with van der Waals surface area (Å²) in [4.78, 5) is 8.71. The zero-order chi connectivity index (χ0) is 18.2. The van der Waals surface area contributed by atoms with Crippen molar-refractivity contribution in [2.45, 2.75) is 17.9 Å². The molecule has 3 aromatic rings. The molecular formula is C19H20N4O2S. The van der Waals surface area contributed by atoms with E-state index in [4.69, 9.17) is 0 Å². The fraction of sp³-hybridized carbons (Fsp3) is 0.158. The van der Waals surface area contributed by atoms with Crippen molar-refractivity contribution in [3.8, 4) is 0 Å². The second-order valence-corrected chi connectivity index (χ2v) is 7.35. The number of benzene rings is 2. The van der Waals surface area contributed by atoms with E-state index in [0.717, 1.165) is 18.5 Å². The molecule has 0 unspecified atom stereocenters. The Kier molecular flexibility index (Phi) is 5.80. The number of hydrogen-bond donors (Lipinski definition) is 1. The quantitative estimate of drug-likeness (QED) is 0.396. The number of aromatic nitrogens is 2. The molecule has 0 aliphatic rings. The van der Waals surface area contributed by atoms with Crippen LogP contribution < -0.4 is 4.72 Å². The van der Waals surface area contributed by atoms with E-state index < -0.39 is 10.0 Å². The van der Waals surface area contributed by atoms with Crippen molar-refractivity contribution in [1.82, 2.24) is 14.3 Å². The topological polar surface area (TPSA) is 76.3 Å². The summed E-state index contributed by atoms with van der Waals surface area (Å²) in [6, 6.07) is 17.5. The summed E-state index contributed by atoms with van der Waals surface area (Å²) in [7, 11) is -3.68. The molecule has 1 aromatic heterocycles. The van der Waals surface area contributed by atoms with Crippen LogP contribution in [-0.2, 0) is 16.6 Å². The van der Waals surface area contributed by atoms with Crippen LogP contribution in [0.4, 0.5) is 0 Å². The zero-order valence-corrected chi connectivity index (χ0v) is 15.0. The van der Waals surface area contributed by atoms with Crippen LogP contribution in [0.3, 0.4) is 0 Å². The van der Waals surface area contributed by atoms with Crippen LogP contribution in [0.2, 0.25) is 0 Å². The highest BCUT2D eigenvalue weighted by atomic mass is 32.2. The molecule has 0 saturated heterocycles. The Bertz CT molecular complexity index is 938. The molecule has 134 valence electrons. The van der Waals surface area contributed by atoms with Gasteiger partial charge < -0.3 is 4.57 Å². The molecule has 0 fully saturated rings. The van der Waals surface area contributed by atoms with Crippen molar-refractivity contribution in [3.05, 3.63) is 84.9 Å². The van der Waals surface area contributed by atoms with Crippen molar-refractivity contribution in [2.24, 2.45) is 4.99 Å². The Morgan fingerprint density at radius 3 is 2.38 bits per heavy atom. The highest BCUT2D eigenvalue weighted by Gasteiger charge is 2.16. The van der Waals surface area contributed by atoms with E-state index in [1.54, 1.807) is 42.9 Å². The number of sulfonamides is 1. The van der Waals surface area contributed by atoms with Gasteiger partial charge in [-0.2, -0.15) is 0 Å². The predicted molar refractivity (Wildman–Crippen MR) is 101 cm³/mol. The van der Waals surface area contributed by atoms with Gasteiger partial charge in [0.1, 0.15) is 5.84 Å². The molecule has 0 saturated carbocycles. The smallest absolute Gasteiger partial charge is 0.263 e. The highest BCUT2D eigenvalue weighted by molar-refractivity contribution is 7.90. The van der Waals surface area contributed by atoms with Gasteiger partial charge in [-0.1, -0.05) is 48.5 Å². The Hall–Kier alpha value is -2.93. The summed E-state index contributed by atoms with van der Waals surface area (Å²) in [5.74, 6) is 0.347. The second-order valence-electron chi connectivity index (χ2n) is 5.67. The van der Waals surface area contributed by atoms with Crippen LogP contribution in [0.25, 0.3) is 0 Å². The molecule has 0 aliphatic heterocycles. The van der Waals surface area contributed by atoms with Crippen LogP contribution in [0, 0.1) is 0 Å². The van der Waals surface area contributed by atoms with Crippen molar-refractivity contribution >= 4 is 15.9 Å². The van der Waals surface area contributed by atoms with Crippen LogP contribution in [0.1, 0.15) is 12.0 Å². The van der Waals surface area contributed by atoms with Gasteiger partial charge >= 0.3 is 0 Å². The molecule has 7 heteroatoms. The zero-order valence-electron chi connectivity index (χ0n) is 14.2. The molecule has 1 N–H and O–H groups in total. The fourth-order valence-electron chi connectivity index (χ4n) is 2.43. The molecule has 0 bridgehead atoms. The van der Waals surface area contributed by atoms with Gasteiger partial charge in [0.05, 0.1) is 11.2 Å². The summed E-state index contributed by atoms with van der Waals surface area (Å²) >= 11 is 0. The average Bonchev–Trinajstić information content (AvgIpc) is 3.19. The summed E-state index contributed by atoms with van der Waals surface area (Å²) in [5, 5.41) is 0. The largest absolute Gasteiger partial charge is 0.337 e. The van der Waals surface area contributed by atoms with Crippen LogP contribution in [0.15, 0.2) is 89.3 Å². The lowest BCUT2D eigenvalue weighted by Gasteiger charge is -2.11. The van der Waals surface area contributed by atoms with Gasteiger partial charge in [-0.3, -0.25) is 9.71 Å². The van der Waals surface area contributed by atoms with E-state index in [1.165, 1.54) is 0 Å². The number of aliphatic imine (C=N–C) groups is 1. The van der Waals surface area contributed by atoms with E-state index in [2.05, 4.69) is 14.7 Å². The number of amidine groups is 1. The normalized spacial score (nSPS) is 12.1. The van der Waals surface area contributed by atoms with E-state index in [-0.39, 0.29) is 4.90 Å². The van der Waals surface area contributed by atoms with E-state index in [1.807, 2.05) is 41.1 Å². The van der Waals surface area contributed by atoms with Gasteiger partial charge in [-0.15, -0.1) is 0 Å². The molecule has 2 aromatic carbocycles. The van der Waals surface area contributed by atoms with Crippen LogP contribution in [0.5, 0.6) is 0 Å². The number of imidazole rings is 1. The van der Waals surface area contributed by atoms with Gasteiger partial charge in [0.2, 0.25) is 0 Å². The Morgan fingerprint density at radius 2 is 1.73 bits per heavy atom. The summed E-state index contributed by atoms with van der Waals surface area (Å²) in [5.41, 5.74) is 0.731. The van der Waals surface area contributed by atoms with Gasteiger partial charge in [-0.05, 0) is 18.6 Å². The minimum absolute atomic E-state index is 0.210. The predicted octanol–water partition coefficient (Wildman–Crippen LogP) is 2.70. The summed E-state index contributed by atoms with van der Waals surface area (Å²) in [6.07, 6.45) is 6.15. The SMILES string of the molecule is O=S(=O)(NC(=NCCCn1ccnc1)c1ccccc1)c1ccccc1. The molecule has 0 atom stereocenters. The molecule has 0 spiro atoms. The molecule has 0 aliphatic carbocycles. The first-order valence-corrected chi connectivity index (χ1v) is 9.77. The van der Waals surface area contributed by atoms with Gasteiger partial charge in [0.15, 0.2) is 0 Å². The lowest BCUT2D eigenvalue weighted by molar-refractivity contribution is 0.592. The van der Waals surface area contributed by atoms with E-state index in [0.29, 0.717) is 12.4 Å². The molecule has 6 nitrogen and oxygen atoms in total. The number of aryl methyl sites for hydroxylation is 1. The number of nitrogens with zero attached hydrogens (tertiary/aromatic N) is 3. The Balaban J connectivity index is 1.76. The number of rotatable bonds is 7. The fourth-order valence-corrected chi connectivity index (χ4v) is 3.50. The first-order chi connectivity index (χ1) is 12.6. The number of nitrogens with one attached hydrogen (secondary N) is 1. The molecule has 3 rings (SSSR count). The Morgan fingerprint density at radius 1 is 1.04 bits per heavy atom. The third-order valence-electron chi connectivity index (χ3n) is 3.74. The monoisotopic (exact) mass is 368 g/mol. The van der Waals surface area contributed by atoms with Crippen molar-refractivity contribution in [1.29, 1.82) is 0 Å². The average molecular weight is 368 g/mol. The van der Waals surface area contributed by atoms with Crippen LogP contribution in [-0.4, -0.2) is 30.3 Å². The lowest BCUT2D eigenvalue weighted by Crippen LogP contribution is -2.31. The Labute approximate surface area is 153 Å². The maximum absolute atomic E-state index is 12.6. The first-order valence-electron chi connectivity index (χ1n) is 8.29. The first kappa shape index (κ1) is 17.9. The van der Waals surface area contributed by atoms with E-state index >= 15 is 0 Å². The second kappa shape index (κ2) is 8.44.